The molecule has 1 heterocycles. The van der Waals surface area contributed by atoms with Crippen LogP contribution in [0.25, 0.3) is 0 Å². The van der Waals surface area contributed by atoms with Gasteiger partial charge < -0.3 is 0 Å². The molecule has 1 saturated heterocycles. The summed E-state index contributed by atoms with van der Waals surface area (Å²) in [5, 5.41) is 0. The smallest absolute Gasteiger partial charge is 0.00722 e. The van der Waals surface area contributed by atoms with E-state index >= 15 is 0 Å². The molecule has 2 atom stereocenters. The molecule has 0 saturated carbocycles. The van der Waals surface area contributed by atoms with Crippen molar-refractivity contribution in [3.63, 3.8) is 0 Å². The number of unbranched alkanes of at least 4 members (excludes halogenated alkanes) is 3. The summed E-state index contributed by atoms with van der Waals surface area (Å²) in [5.41, 5.74) is 0. The molecule has 0 aromatic carbocycles. The SMILES string of the molecule is CCCCCCN1C(C)CC(C)CC1C. The Balaban J connectivity index is 2.26. The molecule has 1 heteroatoms. The third-order valence-electron chi connectivity index (χ3n) is 3.89. The van der Waals surface area contributed by atoms with Crippen LogP contribution in [0.5, 0.6) is 0 Å². The molecule has 15 heavy (non-hydrogen) atoms. The minimum absolute atomic E-state index is 0.811. The lowest BCUT2D eigenvalue weighted by atomic mass is 9.88. The van der Waals surface area contributed by atoms with E-state index in [9.17, 15) is 0 Å². The molecule has 0 aliphatic carbocycles. The van der Waals surface area contributed by atoms with Gasteiger partial charge in [-0.3, -0.25) is 4.90 Å². The van der Waals surface area contributed by atoms with Crippen LogP contribution in [0.1, 0.15) is 66.2 Å². The highest BCUT2D eigenvalue weighted by Gasteiger charge is 2.27. The highest BCUT2D eigenvalue weighted by atomic mass is 15.2. The first-order valence-electron chi connectivity index (χ1n) is 6.90. The maximum atomic E-state index is 2.73. The number of likely N-dealkylation sites (tertiary alicyclic amines) is 1. The van der Waals surface area contributed by atoms with E-state index in [0.717, 1.165) is 18.0 Å². The minimum Gasteiger partial charge on any atom is -0.298 e. The third-order valence-corrected chi connectivity index (χ3v) is 3.89. The summed E-state index contributed by atoms with van der Waals surface area (Å²) >= 11 is 0. The van der Waals surface area contributed by atoms with Crippen molar-refractivity contribution in [2.75, 3.05) is 6.54 Å². The highest BCUT2D eigenvalue weighted by Crippen LogP contribution is 2.27. The first-order valence-corrected chi connectivity index (χ1v) is 6.90. The second kappa shape index (κ2) is 6.52. The molecule has 0 bridgehead atoms. The molecule has 0 N–H and O–H groups in total. The van der Waals surface area contributed by atoms with Crippen LogP contribution in [0.15, 0.2) is 0 Å². The lowest BCUT2D eigenvalue weighted by Crippen LogP contribution is -2.46. The standard InChI is InChI=1S/C14H29N/c1-5-6-7-8-9-15-13(3)10-12(2)11-14(15)4/h12-14H,5-11H2,1-4H3. The minimum atomic E-state index is 0.811. The predicted octanol–water partition coefficient (Wildman–Crippen LogP) is 4.08. The fraction of sp³-hybridized carbons (Fsp3) is 1.00. The van der Waals surface area contributed by atoms with Crippen LogP contribution >= 0.6 is 0 Å². The molecule has 90 valence electrons. The van der Waals surface area contributed by atoms with Gasteiger partial charge in [0, 0.05) is 12.1 Å². The second-order valence-electron chi connectivity index (χ2n) is 5.57. The van der Waals surface area contributed by atoms with Gasteiger partial charge in [0.15, 0.2) is 0 Å². The Morgan fingerprint density at radius 2 is 1.53 bits per heavy atom. The highest BCUT2D eigenvalue weighted by molar-refractivity contribution is 4.82. The van der Waals surface area contributed by atoms with Crippen molar-refractivity contribution in [1.82, 2.24) is 4.90 Å². The lowest BCUT2D eigenvalue weighted by molar-refractivity contribution is 0.0738. The Kier molecular flexibility index (Phi) is 5.66. The van der Waals surface area contributed by atoms with Crippen molar-refractivity contribution in [2.45, 2.75) is 78.3 Å². The Labute approximate surface area is 96.2 Å². The van der Waals surface area contributed by atoms with Crippen LogP contribution < -0.4 is 0 Å². The van der Waals surface area contributed by atoms with Gasteiger partial charge in [0.1, 0.15) is 0 Å². The van der Waals surface area contributed by atoms with E-state index in [1.54, 1.807) is 0 Å². The maximum Gasteiger partial charge on any atom is 0.00722 e. The van der Waals surface area contributed by atoms with Crippen LogP contribution in [0, 0.1) is 5.92 Å². The summed E-state index contributed by atoms with van der Waals surface area (Å²) in [6, 6.07) is 1.62. The molecule has 1 aliphatic rings. The molecular formula is C14H29N. The maximum absolute atomic E-state index is 2.73. The zero-order chi connectivity index (χ0) is 11.3. The molecule has 0 amide bonds. The quantitative estimate of drug-likeness (QED) is 0.619. The number of rotatable bonds is 5. The van der Waals surface area contributed by atoms with Gasteiger partial charge in [-0.2, -0.15) is 0 Å². The summed E-state index contributed by atoms with van der Waals surface area (Å²) in [5.74, 6) is 0.932. The number of hydrogen-bond donors (Lipinski definition) is 0. The first kappa shape index (κ1) is 13.0. The normalized spacial score (nSPS) is 33.2. The second-order valence-corrected chi connectivity index (χ2v) is 5.57. The molecule has 1 fully saturated rings. The third kappa shape index (κ3) is 4.14. The van der Waals surface area contributed by atoms with E-state index < -0.39 is 0 Å². The number of piperidine rings is 1. The van der Waals surface area contributed by atoms with Crippen molar-refractivity contribution >= 4 is 0 Å². The van der Waals surface area contributed by atoms with E-state index in [4.69, 9.17) is 0 Å². The summed E-state index contributed by atoms with van der Waals surface area (Å²) in [7, 11) is 0. The van der Waals surface area contributed by atoms with Gasteiger partial charge in [0.2, 0.25) is 0 Å². The summed E-state index contributed by atoms with van der Waals surface area (Å²) in [6.07, 6.45) is 8.38. The first-order chi connectivity index (χ1) is 7.15. The van der Waals surface area contributed by atoms with Gasteiger partial charge >= 0.3 is 0 Å². The molecule has 0 spiro atoms. The van der Waals surface area contributed by atoms with Crippen molar-refractivity contribution in [1.29, 1.82) is 0 Å². The van der Waals surface area contributed by atoms with Gasteiger partial charge in [0.25, 0.3) is 0 Å². The number of nitrogens with zero attached hydrogens (tertiary/aromatic N) is 1. The lowest BCUT2D eigenvalue weighted by Gasteiger charge is -2.41. The molecule has 0 aromatic heterocycles. The molecular weight excluding hydrogens is 182 g/mol. The van der Waals surface area contributed by atoms with Gasteiger partial charge in [-0.05, 0) is 45.6 Å². The molecule has 0 aromatic rings. The van der Waals surface area contributed by atoms with E-state index in [2.05, 4.69) is 32.6 Å². The molecule has 1 nitrogen and oxygen atoms in total. The Bertz CT molecular complexity index is 155. The van der Waals surface area contributed by atoms with E-state index in [1.807, 2.05) is 0 Å². The zero-order valence-electron chi connectivity index (χ0n) is 11.1. The van der Waals surface area contributed by atoms with Crippen LogP contribution in [-0.4, -0.2) is 23.5 Å². The van der Waals surface area contributed by atoms with Crippen LogP contribution in [0.2, 0.25) is 0 Å². The van der Waals surface area contributed by atoms with E-state index in [1.165, 1.54) is 45.1 Å². The molecule has 1 aliphatic heterocycles. The van der Waals surface area contributed by atoms with Crippen molar-refractivity contribution < 1.29 is 0 Å². The van der Waals surface area contributed by atoms with Crippen molar-refractivity contribution in [2.24, 2.45) is 5.92 Å². The van der Waals surface area contributed by atoms with Crippen LogP contribution in [0.4, 0.5) is 0 Å². The predicted molar refractivity (Wildman–Crippen MR) is 68.2 cm³/mol. The average molecular weight is 211 g/mol. The summed E-state index contributed by atoms with van der Waals surface area (Å²) < 4.78 is 0. The van der Waals surface area contributed by atoms with Gasteiger partial charge in [-0.1, -0.05) is 33.1 Å². The number of hydrogen-bond acceptors (Lipinski definition) is 1. The fourth-order valence-corrected chi connectivity index (χ4v) is 3.13. The van der Waals surface area contributed by atoms with Gasteiger partial charge in [-0.25, -0.2) is 0 Å². The Morgan fingerprint density at radius 1 is 0.933 bits per heavy atom. The largest absolute Gasteiger partial charge is 0.298 e. The topological polar surface area (TPSA) is 3.24 Å². The average Bonchev–Trinajstić information content (AvgIpc) is 2.15. The summed E-state index contributed by atoms with van der Waals surface area (Å²) in [6.45, 7) is 10.8. The fourth-order valence-electron chi connectivity index (χ4n) is 3.13. The molecule has 0 radical (unpaired) electrons. The Hall–Kier alpha value is -0.0400. The van der Waals surface area contributed by atoms with Gasteiger partial charge in [-0.15, -0.1) is 0 Å². The van der Waals surface area contributed by atoms with Crippen LogP contribution in [-0.2, 0) is 0 Å². The zero-order valence-corrected chi connectivity index (χ0v) is 11.1. The van der Waals surface area contributed by atoms with Crippen LogP contribution in [0.3, 0.4) is 0 Å². The van der Waals surface area contributed by atoms with Gasteiger partial charge in [0.05, 0.1) is 0 Å². The summed E-state index contributed by atoms with van der Waals surface area (Å²) in [4.78, 5) is 2.73. The monoisotopic (exact) mass is 211 g/mol. The van der Waals surface area contributed by atoms with Crippen molar-refractivity contribution in [3.05, 3.63) is 0 Å². The van der Waals surface area contributed by atoms with Crippen molar-refractivity contribution in [3.8, 4) is 0 Å². The molecule has 2 unspecified atom stereocenters. The molecule has 1 rings (SSSR count). The Morgan fingerprint density at radius 3 is 2.07 bits per heavy atom. The van der Waals surface area contributed by atoms with E-state index in [0.29, 0.717) is 0 Å². The van der Waals surface area contributed by atoms with E-state index in [-0.39, 0.29) is 0 Å².